The van der Waals surface area contributed by atoms with Gasteiger partial charge in [0, 0.05) is 25.0 Å². The number of amides is 1. The van der Waals surface area contributed by atoms with Gasteiger partial charge in [-0.1, -0.05) is 13.8 Å². The molecule has 4 nitrogen and oxygen atoms in total. The highest BCUT2D eigenvalue weighted by Crippen LogP contribution is 2.14. The molecule has 0 aliphatic rings. The molecule has 0 radical (unpaired) electrons. The first kappa shape index (κ1) is 15.6. The van der Waals surface area contributed by atoms with E-state index in [0.717, 1.165) is 5.69 Å². The summed E-state index contributed by atoms with van der Waals surface area (Å²) in [5.41, 5.74) is 0.648. The van der Waals surface area contributed by atoms with Crippen molar-refractivity contribution >= 4 is 5.91 Å². The Morgan fingerprint density at radius 1 is 1.42 bits per heavy atom. The third-order valence-corrected chi connectivity index (χ3v) is 2.87. The van der Waals surface area contributed by atoms with Gasteiger partial charge < -0.3 is 10.0 Å². The molecule has 0 aliphatic heterocycles. The number of aromatic nitrogens is 1. The Bertz CT molecular complexity index is 419. The highest BCUT2D eigenvalue weighted by molar-refractivity contribution is 5.93. The van der Waals surface area contributed by atoms with Crippen LogP contribution in [-0.4, -0.2) is 39.6 Å². The third-order valence-electron chi connectivity index (χ3n) is 2.87. The van der Waals surface area contributed by atoms with Crippen molar-refractivity contribution in [3.8, 4) is 0 Å². The van der Waals surface area contributed by atoms with Crippen molar-refractivity contribution in [2.45, 2.75) is 46.1 Å². The van der Waals surface area contributed by atoms with Crippen LogP contribution in [0.25, 0.3) is 0 Å². The van der Waals surface area contributed by atoms with Crippen molar-refractivity contribution in [2.24, 2.45) is 0 Å². The molecule has 0 unspecified atom stereocenters. The molecule has 19 heavy (non-hydrogen) atoms. The van der Waals surface area contributed by atoms with E-state index >= 15 is 0 Å². The van der Waals surface area contributed by atoms with Crippen LogP contribution in [0.5, 0.6) is 0 Å². The highest BCUT2D eigenvalue weighted by atomic mass is 16.3. The zero-order chi connectivity index (χ0) is 14.6. The normalized spacial score (nSPS) is 11.7. The maximum Gasteiger partial charge on any atom is 0.255 e. The number of pyridine rings is 1. The fourth-order valence-corrected chi connectivity index (χ4v) is 1.85. The minimum Gasteiger partial charge on any atom is -0.389 e. The Kier molecular flexibility index (Phi) is 5.06. The molecule has 1 aromatic heterocycles. The summed E-state index contributed by atoms with van der Waals surface area (Å²) in [4.78, 5) is 18.2. The largest absolute Gasteiger partial charge is 0.389 e. The van der Waals surface area contributed by atoms with Gasteiger partial charge in [0.2, 0.25) is 0 Å². The van der Waals surface area contributed by atoms with E-state index in [1.165, 1.54) is 0 Å². The predicted octanol–water partition coefficient (Wildman–Crippen LogP) is 2.44. The molecule has 0 aromatic carbocycles. The van der Waals surface area contributed by atoms with Crippen LogP contribution >= 0.6 is 0 Å². The first-order valence-electron chi connectivity index (χ1n) is 6.72. The molecule has 1 rings (SSSR count). The summed E-state index contributed by atoms with van der Waals surface area (Å²) in [7, 11) is 0. The van der Waals surface area contributed by atoms with E-state index in [0.29, 0.717) is 24.6 Å². The molecule has 0 spiro atoms. The van der Waals surface area contributed by atoms with Crippen molar-refractivity contribution < 1.29 is 9.90 Å². The number of likely N-dealkylation sites (N-methyl/N-ethyl adjacent to an activating group) is 1. The monoisotopic (exact) mass is 264 g/mol. The van der Waals surface area contributed by atoms with Gasteiger partial charge in [0.15, 0.2) is 0 Å². The molecule has 106 valence electrons. The predicted molar refractivity (Wildman–Crippen MR) is 76.2 cm³/mol. The van der Waals surface area contributed by atoms with Gasteiger partial charge in [-0.15, -0.1) is 0 Å². The molecule has 1 N–H and O–H groups in total. The maximum absolute atomic E-state index is 12.3. The number of hydrogen-bond donors (Lipinski definition) is 1. The van der Waals surface area contributed by atoms with Gasteiger partial charge in [0.1, 0.15) is 0 Å². The summed E-state index contributed by atoms with van der Waals surface area (Å²) in [6.07, 6.45) is 1.62. The molecule has 1 heterocycles. The van der Waals surface area contributed by atoms with Crippen LogP contribution < -0.4 is 0 Å². The van der Waals surface area contributed by atoms with Crippen LogP contribution in [0.4, 0.5) is 0 Å². The lowest BCUT2D eigenvalue weighted by Crippen LogP contribution is -2.42. The number of rotatable bonds is 5. The maximum atomic E-state index is 12.3. The van der Waals surface area contributed by atoms with Crippen LogP contribution in [0.1, 0.15) is 56.6 Å². The fraction of sp³-hybridized carbons (Fsp3) is 0.600. The third kappa shape index (κ3) is 4.63. The molecule has 0 saturated heterocycles. The highest BCUT2D eigenvalue weighted by Gasteiger charge is 2.22. The molecule has 0 aliphatic carbocycles. The van der Waals surface area contributed by atoms with Crippen LogP contribution in [0.2, 0.25) is 0 Å². The molecule has 0 bridgehead atoms. The summed E-state index contributed by atoms with van der Waals surface area (Å²) >= 11 is 0. The summed E-state index contributed by atoms with van der Waals surface area (Å²) in [6, 6.07) is 3.69. The molecule has 0 fully saturated rings. The first-order chi connectivity index (χ1) is 8.74. The van der Waals surface area contributed by atoms with Crippen LogP contribution in [0.3, 0.4) is 0 Å². The second kappa shape index (κ2) is 6.15. The molecular weight excluding hydrogens is 240 g/mol. The zero-order valence-electron chi connectivity index (χ0n) is 12.5. The van der Waals surface area contributed by atoms with E-state index in [2.05, 4.69) is 18.8 Å². The van der Waals surface area contributed by atoms with Crippen molar-refractivity contribution in [1.82, 2.24) is 9.88 Å². The average molecular weight is 264 g/mol. The van der Waals surface area contributed by atoms with Gasteiger partial charge in [0.25, 0.3) is 5.91 Å². The van der Waals surface area contributed by atoms with E-state index in [1.807, 2.05) is 13.0 Å². The van der Waals surface area contributed by atoms with Gasteiger partial charge >= 0.3 is 0 Å². The SMILES string of the molecule is CCN(CC(C)(C)O)C(=O)c1ccc(C(C)C)nc1. The lowest BCUT2D eigenvalue weighted by molar-refractivity contribution is 0.0314. The average Bonchev–Trinajstić information content (AvgIpc) is 2.34. The molecule has 0 atom stereocenters. The number of nitrogens with zero attached hydrogens (tertiary/aromatic N) is 2. The minimum atomic E-state index is -0.892. The molecular formula is C15H24N2O2. The van der Waals surface area contributed by atoms with Gasteiger partial charge in [-0.3, -0.25) is 9.78 Å². The second-order valence-electron chi connectivity index (χ2n) is 5.76. The molecule has 1 amide bonds. The first-order valence-corrected chi connectivity index (χ1v) is 6.72. The van der Waals surface area contributed by atoms with E-state index in [-0.39, 0.29) is 5.91 Å². The van der Waals surface area contributed by atoms with Crippen LogP contribution in [-0.2, 0) is 0 Å². The van der Waals surface area contributed by atoms with Crippen LogP contribution in [0.15, 0.2) is 18.3 Å². The smallest absolute Gasteiger partial charge is 0.255 e. The Labute approximate surface area is 115 Å². The fourth-order valence-electron chi connectivity index (χ4n) is 1.85. The van der Waals surface area contributed by atoms with Gasteiger partial charge in [-0.2, -0.15) is 0 Å². The standard InChI is InChI=1S/C15H24N2O2/c1-6-17(10-15(4,5)19)14(18)12-7-8-13(11(2)3)16-9-12/h7-9,11,19H,6,10H2,1-5H3. The van der Waals surface area contributed by atoms with E-state index in [1.54, 1.807) is 31.0 Å². The van der Waals surface area contributed by atoms with Gasteiger partial charge in [-0.05, 0) is 38.8 Å². The number of carbonyl (C=O) groups excluding carboxylic acids is 1. The Morgan fingerprint density at radius 2 is 2.05 bits per heavy atom. The quantitative estimate of drug-likeness (QED) is 0.888. The Morgan fingerprint density at radius 3 is 2.42 bits per heavy atom. The topological polar surface area (TPSA) is 53.4 Å². The van der Waals surface area contributed by atoms with Crippen molar-refractivity contribution in [2.75, 3.05) is 13.1 Å². The van der Waals surface area contributed by atoms with Crippen molar-refractivity contribution in [3.63, 3.8) is 0 Å². The minimum absolute atomic E-state index is 0.0903. The number of hydrogen-bond acceptors (Lipinski definition) is 3. The lowest BCUT2D eigenvalue weighted by atomic mass is 10.1. The summed E-state index contributed by atoms with van der Waals surface area (Å²) in [6.45, 7) is 10.3. The number of carbonyl (C=O) groups is 1. The summed E-state index contributed by atoms with van der Waals surface area (Å²) < 4.78 is 0. The molecule has 0 saturated carbocycles. The Balaban J connectivity index is 2.86. The van der Waals surface area contributed by atoms with E-state index < -0.39 is 5.60 Å². The molecule has 1 aromatic rings. The second-order valence-corrected chi connectivity index (χ2v) is 5.76. The van der Waals surface area contributed by atoms with Crippen molar-refractivity contribution in [3.05, 3.63) is 29.6 Å². The summed E-state index contributed by atoms with van der Waals surface area (Å²) in [5, 5.41) is 9.82. The molecule has 4 heteroatoms. The van der Waals surface area contributed by atoms with Crippen LogP contribution in [0, 0.1) is 0 Å². The van der Waals surface area contributed by atoms with Gasteiger partial charge in [0.05, 0.1) is 11.2 Å². The van der Waals surface area contributed by atoms with Gasteiger partial charge in [-0.25, -0.2) is 0 Å². The Hall–Kier alpha value is -1.42. The zero-order valence-corrected chi connectivity index (χ0v) is 12.5. The lowest BCUT2D eigenvalue weighted by Gasteiger charge is -2.28. The summed E-state index contributed by atoms with van der Waals surface area (Å²) in [5.74, 6) is 0.259. The van der Waals surface area contributed by atoms with E-state index in [9.17, 15) is 9.90 Å². The van der Waals surface area contributed by atoms with E-state index in [4.69, 9.17) is 0 Å². The number of aliphatic hydroxyl groups is 1. The van der Waals surface area contributed by atoms with Crippen molar-refractivity contribution in [1.29, 1.82) is 0 Å².